The monoisotopic (exact) mass is 437 g/mol. The maximum atomic E-state index is 12.9. The highest BCUT2D eigenvalue weighted by Gasteiger charge is 2.25. The molecule has 0 aliphatic carbocycles. The van der Waals surface area contributed by atoms with Crippen LogP contribution in [-0.4, -0.2) is 35.2 Å². The maximum absolute atomic E-state index is 12.9. The first-order chi connectivity index (χ1) is 14.7. The van der Waals surface area contributed by atoms with Crippen LogP contribution in [0.1, 0.15) is 17.0 Å². The van der Waals surface area contributed by atoms with Crippen LogP contribution in [0, 0.1) is 20.8 Å². The van der Waals surface area contributed by atoms with Crippen LogP contribution in [0.2, 0.25) is 5.02 Å². The fourth-order valence-electron chi connectivity index (χ4n) is 3.69. The lowest BCUT2D eigenvalue weighted by Gasteiger charge is -2.10. The number of nitrogens with zero attached hydrogens (tertiary/aromatic N) is 6. The lowest BCUT2D eigenvalue weighted by atomic mass is 10.1. The Bertz CT molecular complexity index is 1280. The molecule has 3 aromatic heterocycles. The number of hydrogen-bond donors (Lipinski definition) is 1. The molecule has 4 rings (SSSR count). The lowest BCUT2D eigenvalue weighted by molar-refractivity contribution is -0.116. The van der Waals surface area contributed by atoms with E-state index >= 15 is 0 Å². The Morgan fingerprint density at radius 3 is 2.16 bits per heavy atom. The molecule has 0 atom stereocenters. The zero-order valence-electron chi connectivity index (χ0n) is 18.1. The van der Waals surface area contributed by atoms with Gasteiger partial charge in [0.05, 0.1) is 22.1 Å². The molecule has 1 amide bonds. The van der Waals surface area contributed by atoms with Gasteiger partial charge in [-0.15, -0.1) is 0 Å². The SMILES string of the molecule is Cc1ccccc1NC(=O)Cn1nc(-c2cn(C)nc2C)c(Cl)c1-c1cn(C)nc1C. The highest BCUT2D eigenvalue weighted by atomic mass is 35.5. The van der Waals surface area contributed by atoms with Gasteiger partial charge < -0.3 is 5.32 Å². The molecule has 3 heterocycles. The van der Waals surface area contributed by atoms with Gasteiger partial charge in [-0.25, -0.2) is 0 Å². The van der Waals surface area contributed by atoms with Gasteiger partial charge in [-0.3, -0.25) is 18.8 Å². The molecule has 0 spiro atoms. The van der Waals surface area contributed by atoms with Crippen LogP contribution in [0.15, 0.2) is 36.7 Å². The highest BCUT2D eigenvalue weighted by Crippen LogP contribution is 2.38. The molecule has 0 radical (unpaired) electrons. The van der Waals surface area contributed by atoms with Gasteiger partial charge in [0.15, 0.2) is 0 Å². The van der Waals surface area contributed by atoms with Crippen molar-refractivity contribution in [2.45, 2.75) is 27.3 Å². The minimum absolute atomic E-state index is 0.0109. The van der Waals surface area contributed by atoms with Crippen LogP contribution in [0.5, 0.6) is 0 Å². The number of para-hydroxylation sites is 1. The molecule has 0 fully saturated rings. The first-order valence-corrected chi connectivity index (χ1v) is 10.3. The molecule has 31 heavy (non-hydrogen) atoms. The van der Waals surface area contributed by atoms with Gasteiger partial charge in [0, 0.05) is 43.3 Å². The summed E-state index contributed by atoms with van der Waals surface area (Å²) in [4.78, 5) is 12.9. The lowest BCUT2D eigenvalue weighted by Crippen LogP contribution is -2.20. The van der Waals surface area contributed by atoms with E-state index in [0.29, 0.717) is 16.4 Å². The number of carbonyl (C=O) groups excluding carboxylic acids is 1. The van der Waals surface area contributed by atoms with Crippen molar-refractivity contribution in [2.75, 3.05) is 5.32 Å². The summed E-state index contributed by atoms with van der Waals surface area (Å²) < 4.78 is 5.09. The largest absolute Gasteiger partial charge is 0.324 e. The fourth-order valence-corrected chi connectivity index (χ4v) is 4.03. The summed E-state index contributed by atoms with van der Waals surface area (Å²) in [7, 11) is 3.70. The maximum Gasteiger partial charge on any atom is 0.246 e. The molecule has 1 aromatic carbocycles. The number of rotatable bonds is 5. The topological polar surface area (TPSA) is 82.6 Å². The van der Waals surface area contributed by atoms with Crippen molar-refractivity contribution in [3.8, 4) is 22.5 Å². The van der Waals surface area contributed by atoms with E-state index in [2.05, 4.69) is 15.5 Å². The van der Waals surface area contributed by atoms with Crippen molar-refractivity contribution < 1.29 is 4.79 Å². The Labute approximate surface area is 185 Å². The number of benzene rings is 1. The summed E-state index contributed by atoms with van der Waals surface area (Å²) in [6, 6.07) is 7.65. The van der Waals surface area contributed by atoms with E-state index in [-0.39, 0.29) is 12.5 Å². The number of halogens is 1. The minimum atomic E-state index is -0.189. The molecular formula is C22H24ClN7O. The summed E-state index contributed by atoms with van der Waals surface area (Å²) in [5.74, 6) is -0.189. The van der Waals surface area contributed by atoms with Crippen molar-refractivity contribution >= 4 is 23.2 Å². The second-order valence-corrected chi connectivity index (χ2v) is 8.01. The molecule has 8 nitrogen and oxygen atoms in total. The third-order valence-electron chi connectivity index (χ3n) is 5.14. The van der Waals surface area contributed by atoms with Crippen LogP contribution < -0.4 is 5.32 Å². The molecular weight excluding hydrogens is 414 g/mol. The number of amides is 1. The molecule has 4 aromatic rings. The second-order valence-electron chi connectivity index (χ2n) is 7.64. The molecule has 160 valence electrons. The Morgan fingerprint density at radius 1 is 0.968 bits per heavy atom. The van der Waals surface area contributed by atoms with Gasteiger partial charge in [-0.05, 0) is 32.4 Å². The van der Waals surface area contributed by atoms with Crippen molar-refractivity contribution in [3.63, 3.8) is 0 Å². The van der Waals surface area contributed by atoms with Gasteiger partial charge in [0.1, 0.15) is 12.2 Å². The Kier molecular flexibility index (Phi) is 5.41. The molecule has 9 heteroatoms. The summed E-state index contributed by atoms with van der Waals surface area (Å²) in [6.45, 7) is 5.78. The van der Waals surface area contributed by atoms with Crippen LogP contribution in [0.3, 0.4) is 0 Å². The van der Waals surface area contributed by atoms with E-state index in [4.69, 9.17) is 16.7 Å². The molecule has 0 unspecified atom stereocenters. The fraction of sp³-hybridized carbons (Fsp3) is 0.273. The summed E-state index contributed by atoms with van der Waals surface area (Å²) >= 11 is 6.84. The van der Waals surface area contributed by atoms with Crippen molar-refractivity contribution in [2.24, 2.45) is 14.1 Å². The van der Waals surface area contributed by atoms with Crippen molar-refractivity contribution in [1.29, 1.82) is 0 Å². The predicted molar refractivity (Wildman–Crippen MR) is 121 cm³/mol. The normalized spacial score (nSPS) is 11.2. The summed E-state index contributed by atoms with van der Waals surface area (Å²) in [5.41, 5.74) is 6.29. The van der Waals surface area contributed by atoms with E-state index in [0.717, 1.165) is 33.8 Å². The van der Waals surface area contributed by atoms with Crippen LogP contribution in [0.4, 0.5) is 5.69 Å². The molecule has 0 aliphatic heterocycles. The average Bonchev–Trinajstić information content (AvgIpc) is 3.31. The summed E-state index contributed by atoms with van der Waals surface area (Å²) in [6.07, 6.45) is 3.76. The van der Waals surface area contributed by atoms with Gasteiger partial charge in [0.25, 0.3) is 0 Å². The van der Waals surface area contributed by atoms with E-state index < -0.39 is 0 Å². The molecule has 0 aliphatic rings. The van der Waals surface area contributed by atoms with Gasteiger partial charge >= 0.3 is 0 Å². The van der Waals surface area contributed by atoms with Crippen LogP contribution in [-0.2, 0) is 25.4 Å². The standard InChI is InChI=1S/C22H24ClN7O/c1-13-8-6-7-9-18(13)24-19(31)12-30-22(17-11-29(5)26-15(17)3)20(23)21(27-30)16-10-28(4)25-14(16)2/h6-11H,12H2,1-5H3,(H,24,31). The van der Waals surface area contributed by atoms with E-state index in [1.807, 2.05) is 71.5 Å². The zero-order valence-corrected chi connectivity index (χ0v) is 18.9. The quantitative estimate of drug-likeness (QED) is 0.513. The molecule has 0 bridgehead atoms. The van der Waals surface area contributed by atoms with Crippen molar-refractivity contribution in [3.05, 3.63) is 58.6 Å². The van der Waals surface area contributed by atoms with Gasteiger partial charge in [0.2, 0.25) is 5.91 Å². The van der Waals surface area contributed by atoms with E-state index in [9.17, 15) is 4.79 Å². The smallest absolute Gasteiger partial charge is 0.246 e. The number of hydrogen-bond acceptors (Lipinski definition) is 4. The van der Waals surface area contributed by atoms with Gasteiger partial charge in [-0.2, -0.15) is 15.3 Å². The highest BCUT2D eigenvalue weighted by molar-refractivity contribution is 6.35. The Hall–Kier alpha value is -3.39. The summed E-state index contributed by atoms with van der Waals surface area (Å²) in [5, 5.41) is 17.0. The van der Waals surface area contributed by atoms with E-state index in [1.54, 1.807) is 14.0 Å². The van der Waals surface area contributed by atoms with Crippen molar-refractivity contribution in [1.82, 2.24) is 29.3 Å². The first kappa shape index (κ1) is 20.9. The minimum Gasteiger partial charge on any atom is -0.324 e. The average molecular weight is 438 g/mol. The first-order valence-electron chi connectivity index (χ1n) is 9.87. The third kappa shape index (κ3) is 3.98. The Morgan fingerprint density at radius 2 is 1.58 bits per heavy atom. The number of carbonyl (C=O) groups is 1. The Balaban J connectivity index is 1.78. The molecule has 1 N–H and O–H groups in total. The molecule has 0 saturated heterocycles. The van der Waals surface area contributed by atoms with E-state index in [1.165, 1.54) is 0 Å². The predicted octanol–water partition coefficient (Wildman–Crippen LogP) is 3.90. The third-order valence-corrected chi connectivity index (χ3v) is 5.50. The number of aromatic nitrogens is 6. The number of anilines is 1. The van der Waals surface area contributed by atoms with Gasteiger partial charge in [-0.1, -0.05) is 29.8 Å². The molecule has 0 saturated carbocycles. The zero-order chi connectivity index (χ0) is 22.3. The van der Waals surface area contributed by atoms with Crippen LogP contribution in [0.25, 0.3) is 22.5 Å². The number of nitrogens with one attached hydrogen (secondary N) is 1. The second kappa shape index (κ2) is 8.03. The number of aryl methyl sites for hydroxylation is 5. The van der Waals surface area contributed by atoms with Crippen LogP contribution >= 0.6 is 11.6 Å².